The molecule has 1 aliphatic heterocycles. The van der Waals surface area contributed by atoms with Crippen molar-refractivity contribution < 1.29 is 18.6 Å². The molecule has 0 aromatic heterocycles. The van der Waals surface area contributed by atoms with E-state index in [1.165, 1.54) is 6.07 Å². The van der Waals surface area contributed by atoms with Crippen LogP contribution in [0.1, 0.15) is 12.5 Å². The highest BCUT2D eigenvalue weighted by Gasteiger charge is 2.17. The highest BCUT2D eigenvalue weighted by Crippen LogP contribution is 2.37. The van der Waals surface area contributed by atoms with Gasteiger partial charge in [-0.2, -0.15) is 0 Å². The third-order valence-electron chi connectivity index (χ3n) is 3.00. The molecule has 0 atom stereocenters. The molecule has 3 rings (SSSR count). The molecule has 2 aromatic carbocycles. The normalized spacial score (nSPS) is 12.9. The van der Waals surface area contributed by atoms with Gasteiger partial charge in [-0.25, -0.2) is 4.39 Å². The molecule has 0 radical (unpaired) electrons. The third-order valence-corrected chi connectivity index (χ3v) is 3.00. The Hall–Kier alpha value is -2.56. The Morgan fingerprint density at radius 3 is 2.76 bits per heavy atom. The number of ether oxygens (including phenoxy) is 3. The van der Waals surface area contributed by atoms with Crippen molar-refractivity contribution in [3.05, 3.63) is 47.8 Å². The SMILES string of the molecule is CCOc1cc2c(cc1C=Nc1ccccc1F)OCO2. The van der Waals surface area contributed by atoms with E-state index in [0.29, 0.717) is 29.4 Å². The second-order valence-corrected chi connectivity index (χ2v) is 4.39. The van der Waals surface area contributed by atoms with Crippen molar-refractivity contribution in [2.45, 2.75) is 6.92 Å². The first-order valence-electron chi connectivity index (χ1n) is 6.63. The maximum atomic E-state index is 13.6. The van der Waals surface area contributed by atoms with Gasteiger partial charge in [-0.15, -0.1) is 0 Å². The number of halogens is 1. The molecule has 4 nitrogen and oxygen atoms in total. The highest BCUT2D eigenvalue weighted by atomic mass is 19.1. The molecule has 1 aliphatic rings. The topological polar surface area (TPSA) is 40.0 Å². The average Bonchev–Trinajstić information content (AvgIpc) is 2.94. The maximum Gasteiger partial charge on any atom is 0.231 e. The fraction of sp³-hybridized carbons (Fsp3) is 0.188. The summed E-state index contributed by atoms with van der Waals surface area (Å²) in [6, 6.07) is 9.88. The van der Waals surface area contributed by atoms with Crippen molar-refractivity contribution in [1.29, 1.82) is 0 Å². The van der Waals surface area contributed by atoms with Gasteiger partial charge in [0.05, 0.1) is 12.3 Å². The smallest absolute Gasteiger partial charge is 0.231 e. The van der Waals surface area contributed by atoms with Gasteiger partial charge >= 0.3 is 0 Å². The van der Waals surface area contributed by atoms with Crippen LogP contribution in [0, 0.1) is 5.82 Å². The largest absolute Gasteiger partial charge is 0.493 e. The average molecular weight is 287 g/mol. The number of aliphatic imine (C=N–C) groups is 1. The van der Waals surface area contributed by atoms with Gasteiger partial charge in [-0.3, -0.25) is 4.99 Å². The maximum absolute atomic E-state index is 13.6. The lowest BCUT2D eigenvalue weighted by atomic mass is 10.2. The van der Waals surface area contributed by atoms with Crippen LogP contribution in [-0.2, 0) is 0 Å². The molecule has 0 spiro atoms. The zero-order valence-corrected chi connectivity index (χ0v) is 11.5. The summed E-state index contributed by atoms with van der Waals surface area (Å²) >= 11 is 0. The molecule has 0 bridgehead atoms. The molecule has 0 fully saturated rings. The van der Waals surface area contributed by atoms with E-state index in [0.717, 1.165) is 0 Å². The van der Waals surface area contributed by atoms with Crippen molar-refractivity contribution in [3.8, 4) is 17.2 Å². The lowest BCUT2D eigenvalue weighted by Gasteiger charge is -2.08. The lowest BCUT2D eigenvalue weighted by Crippen LogP contribution is -1.96. The Morgan fingerprint density at radius 2 is 2.00 bits per heavy atom. The van der Waals surface area contributed by atoms with Crippen molar-refractivity contribution >= 4 is 11.9 Å². The summed E-state index contributed by atoms with van der Waals surface area (Å²) in [5, 5.41) is 0. The molecule has 0 unspecified atom stereocenters. The Labute approximate surface area is 121 Å². The van der Waals surface area contributed by atoms with Crippen LogP contribution in [0.3, 0.4) is 0 Å². The Morgan fingerprint density at radius 1 is 1.24 bits per heavy atom. The van der Waals surface area contributed by atoms with Gasteiger partial charge in [0.1, 0.15) is 11.6 Å². The zero-order valence-electron chi connectivity index (χ0n) is 11.5. The molecule has 108 valence electrons. The van der Waals surface area contributed by atoms with Crippen molar-refractivity contribution in [1.82, 2.24) is 0 Å². The summed E-state index contributed by atoms with van der Waals surface area (Å²) in [6.45, 7) is 2.59. The first-order chi connectivity index (χ1) is 10.3. The van der Waals surface area contributed by atoms with Gasteiger partial charge in [0.15, 0.2) is 11.5 Å². The minimum absolute atomic E-state index is 0.189. The van der Waals surface area contributed by atoms with Crippen LogP contribution >= 0.6 is 0 Å². The molecule has 5 heteroatoms. The van der Waals surface area contributed by atoms with E-state index in [9.17, 15) is 4.39 Å². The number of rotatable bonds is 4. The molecule has 1 heterocycles. The fourth-order valence-corrected chi connectivity index (χ4v) is 2.02. The predicted molar refractivity (Wildman–Crippen MR) is 77.4 cm³/mol. The molecule has 0 saturated heterocycles. The first kappa shape index (κ1) is 13.4. The molecule has 2 aromatic rings. The van der Waals surface area contributed by atoms with Gasteiger partial charge in [0.25, 0.3) is 0 Å². The van der Waals surface area contributed by atoms with Crippen LogP contribution in [-0.4, -0.2) is 19.6 Å². The van der Waals surface area contributed by atoms with Gasteiger partial charge in [-0.05, 0) is 25.1 Å². The quantitative estimate of drug-likeness (QED) is 0.805. The van der Waals surface area contributed by atoms with E-state index in [1.54, 1.807) is 36.5 Å². The number of para-hydroxylation sites is 1. The second-order valence-electron chi connectivity index (χ2n) is 4.39. The van der Waals surface area contributed by atoms with E-state index >= 15 is 0 Å². The Bertz CT molecular complexity index is 685. The van der Waals surface area contributed by atoms with Gasteiger partial charge in [0.2, 0.25) is 6.79 Å². The Kier molecular flexibility index (Phi) is 3.73. The minimum atomic E-state index is -0.368. The minimum Gasteiger partial charge on any atom is -0.493 e. The highest BCUT2D eigenvalue weighted by molar-refractivity contribution is 5.87. The fourth-order valence-electron chi connectivity index (χ4n) is 2.02. The number of hydrogen-bond acceptors (Lipinski definition) is 4. The van der Waals surface area contributed by atoms with E-state index in [4.69, 9.17) is 14.2 Å². The summed E-state index contributed by atoms with van der Waals surface area (Å²) in [5.41, 5.74) is 0.988. The molecule has 0 aliphatic carbocycles. The number of hydrogen-bond donors (Lipinski definition) is 0. The van der Waals surface area contributed by atoms with E-state index in [-0.39, 0.29) is 18.3 Å². The van der Waals surface area contributed by atoms with Crippen LogP contribution in [0.4, 0.5) is 10.1 Å². The van der Waals surface area contributed by atoms with E-state index < -0.39 is 0 Å². The monoisotopic (exact) mass is 287 g/mol. The Balaban J connectivity index is 1.96. The van der Waals surface area contributed by atoms with Crippen LogP contribution < -0.4 is 14.2 Å². The van der Waals surface area contributed by atoms with Gasteiger partial charge < -0.3 is 14.2 Å². The second kappa shape index (κ2) is 5.83. The molecule has 21 heavy (non-hydrogen) atoms. The van der Waals surface area contributed by atoms with Crippen LogP contribution in [0.2, 0.25) is 0 Å². The van der Waals surface area contributed by atoms with Crippen molar-refractivity contribution in [2.75, 3.05) is 13.4 Å². The van der Waals surface area contributed by atoms with Crippen molar-refractivity contribution in [3.63, 3.8) is 0 Å². The van der Waals surface area contributed by atoms with E-state index in [2.05, 4.69) is 4.99 Å². The van der Waals surface area contributed by atoms with Gasteiger partial charge in [-0.1, -0.05) is 12.1 Å². The molecular formula is C16H14FNO3. The number of benzene rings is 2. The molecule has 0 N–H and O–H groups in total. The molecule has 0 saturated carbocycles. The molecular weight excluding hydrogens is 273 g/mol. The summed E-state index contributed by atoms with van der Waals surface area (Å²) in [5.74, 6) is 1.53. The summed E-state index contributed by atoms with van der Waals surface area (Å²) < 4.78 is 29.8. The van der Waals surface area contributed by atoms with Crippen molar-refractivity contribution in [2.24, 2.45) is 4.99 Å². The predicted octanol–water partition coefficient (Wildman–Crippen LogP) is 3.70. The number of fused-ring (bicyclic) bond motifs is 1. The number of nitrogens with zero attached hydrogens (tertiary/aromatic N) is 1. The van der Waals surface area contributed by atoms with Crippen LogP contribution in [0.5, 0.6) is 17.2 Å². The van der Waals surface area contributed by atoms with Crippen LogP contribution in [0.25, 0.3) is 0 Å². The zero-order chi connectivity index (χ0) is 14.7. The van der Waals surface area contributed by atoms with Gasteiger partial charge in [0, 0.05) is 17.8 Å². The third kappa shape index (κ3) is 2.81. The van der Waals surface area contributed by atoms with Crippen LogP contribution in [0.15, 0.2) is 41.4 Å². The first-order valence-corrected chi connectivity index (χ1v) is 6.63. The summed E-state index contributed by atoms with van der Waals surface area (Å²) in [6.07, 6.45) is 1.56. The summed E-state index contributed by atoms with van der Waals surface area (Å²) in [4.78, 5) is 4.17. The van der Waals surface area contributed by atoms with E-state index in [1.807, 2.05) is 6.92 Å². The summed E-state index contributed by atoms with van der Waals surface area (Å²) in [7, 11) is 0. The lowest BCUT2D eigenvalue weighted by molar-refractivity contribution is 0.174. The molecule has 0 amide bonds. The standard InChI is InChI=1S/C16H14FNO3/c1-2-19-14-8-16-15(20-10-21-16)7-11(14)9-18-13-6-4-3-5-12(13)17/h3-9H,2,10H2,1H3.